The predicted octanol–water partition coefficient (Wildman–Crippen LogP) is 2.62. The molecule has 3 rings (SSSR count). The van der Waals surface area contributed by atoms with Gasteiger partial charge in [0.15, 0.2) is 0 Å². The first kappa shape index (κ1) is 14.3. The number of piperidine rings is 1. The van der Waals surface area contributed by atoms with Crippen LogP contribution in [0.15, 0.2) is 12.4 Å². The molecule has 0 aromatic carbocycles. The highest BCUT2D eigenvalue weighted by Crippen LogP contribution is 2.28. The number of nitrogens with one attached hydrogen (secondary N) is 1. The van der Waals surface area contributed by atoms with Crippen LogP contribution in [0.1, 0.15) is 48.2 Å². The van der Waals surface area contributed by atoms with Gasteiger partial charge in [-0.3, -0.25) is 14.7 Å². The maximum atomic E-state index is 4.55. The van der Waals surface area contributed by atoms with Gasteiger partial charge in [0, 0.05) is 43.0 Å². The van der Waals surface area contributed by atoms with Crippen molar-refractivity contribution in [1.29, 1.82) is 0 Å². The summed E-state index contributed by atoms with van der Waals surface area (Å²) in [5.74, 6) is 0.586. The monoisotopic (exact) mass is 287 g/mol. The Hall–Kier alpha value is -1.62. The molecule has 0 saturated carbocycles. The Morgan fingerprint density at radius 1 is 1.38 bits per heavy atom. The van der Waals surface area contributed by atoms with Crippen molar-refractivity contribution in [3.8, 4) is 0 Å². The lowest BCUT2D eigenvalue weighted by Gasteiger charge is -2.32. The van der Waals surface area contributed by atoms with E-state index in [4.69, 9.17) is 0 Å². The first-order valence-electron chi connectivity index (χ1n) is 7.92. The lowest BCUT2D eigenvalue weighted by atomic mass is 9.92. The Bertz CT molecular complexity index is 598. The van der Waals surface area contributed by atoms with Gasteiger partial charge in [0.05, 0.1) is 11.9 Å². The minimum absolute atomic E-state index is 0.586. The summed E-state index contributed by atoms with van der Waals surface area (Å²) in [5, 5.41) is 11.9. The maximum absolute atomic E-state index is 4.55. The van der Waals surface area contributed by atoms with Crippen LogP contribution in [0, 0.1) is 13.8 Å². The number of rotatable bonds is 4. The molecule has 1 atom stereocenters. The molecule has 3 heterocycles. The molecule has 2 aromatic rings. The van der Waals surface area contributed by atoms with Crippen LogP contribution >= 0.6 is 0 Å². The molecule has 1 fully saturated rings. The van der Waals surface area contributed by atoms with Crippen LogP contribution in [0.2, 0.25) is 0 Å². The highest BCUT2D eigenvalue weighted by Gasteiger charge is 2.24. The van der Waals surface area contributed by atoms with E-state index in [2.05, 4.69) is 47.2 Å². The van der Waals surface area contributed by atoms with E-state index >= 15 is 0 Å². The van der Waals surface area contributed by atoms with Gasteiger partial charge in [0.2, 0.25) is 0 Å². The van der Waals surface area contributed by atoms with Crippen molar-refractivity contribution in [2.75, 3.05) is 13.1 Å². The lowest BCUT2D eigenvalue weighted by molar-refractivity contribution is 0.198. The smallest absolute Gasteiger partial charge is 0.0638 e. The number of aryl methyl sites for hydroxylation is 3. The lowest BCUT2D eigenvalue weighted by Crippen LogP contribution is -2.34. The standard InChI is InChI=1S/C16H25N5/c1-4-21-11-15(13(3)19-21)10-20-7-5-6-14(9-20)16-12(2)8-17-18-16/h8,11,14H,4-7,9-10H2,1-3H3,(H,17,18)/t14-/m0/s1. The van der Waals surface area contributed by atoms with Crippen molar-refractivity contribution >= 4 is 0 Å². The Kier molecular flexibility index (Phi) is 4.10. The normalized spacial score (nSPS) is 20.0. The first-order valence-corrected chi connectivity index (χ1v) is 7.92. The number of hydrogen-bond acceptors (Lipinski definition) is 3. The number of hydrogen-bond donors (Lipinski definition) is 1. The molecule has 0 bridgehead atoms. The van der Waals surface area contributed by atoms with E-state index in [9.17, 15) is 0 Å². The van der Waals surface area contributed by atoms with Gasteiger partial charge in [0.25, 0.3) is 0 Å². The second kappa shape index (κ2) is 6.02. The minimum Gasteiger partial charge on any atom is -0.298 e. The van der Waals surface area contributed by atoms with E-state index in [1.165, 1.54) is 36.2 Å². The average molecular weight is 287 g/mol. The fourth-order valence-corrected chi connectivity index (χ4v) is 3.32. The number of aromatic amines is 1. The molecule has 1 saturated heterocycles. The predicted molar refractivity (Wildman–Crippen MR) is 83.2 cm³/mol. The molecule has 0 unspecified atom stereocenters. The topological polar surface area (TPSA) is 49.7 Å². The van der Waals surface area contributed by atoms with Gasteiger partial charge in [-0.15, -0.1) is 0 Å². The van der Waals surface area contributed by atoms with E-state index in [0.717, 1.165) is 25.3 Å². The fraction of sp³-hybridized carbons (Fsp3) is 0.625. The summed E-state index contributed by atoms with van der Waals surface area (Å²) in [5.41, 5.74) is 5.13. The first-order chi connectivity index (χ1) is 10.2. The van der Waals surface area contributed by atoms with Crippen molar-refractivity contribution in [1.82, 2.24) is 24.9 Å². The SMILES string of the molecule is CCn1cc(CN2CCC[C@H](c3[nH]ncc3C)C2)c(C)n1. The summed E-state index contributed by atoms with van der Waals surface area (Å²) in [6, 6.07) is 0. The van der Waals surface area contributed by atoms with E-state index in [1.807, 2.05) is 10.9 Å². The van der Waals surface area contributed by atoms with Gasteiger partial charge < -0.3 is 0 Å². The van der Waals surface area contributed by atoms with Gasteiger partial charge in [-0.05, 0) is 45.7 Å². The molecule has 2 aromatic heterocycles. The fourth-order valence-electron chi connectivity index (χ4n) is 3.32. The largest absolute Gasteiger partial charge is 0.298 e. The number of H-pyrrole nitrogens is 1. The summed E-state index contributed by atoms with van der Waals surface area (Å²) < 4.78 is 2.03. The van der Waals surface area contributed by atoms with Crippen LogP contribution < -0.4 is 0 Å². The molecule has 21 heavy (non-hydrogen) atoms. The average Bonchev–Trinajstić information content (AvgIpc) is 3.06. The molecular formula is C16H25N5. The highest BCUT2D eigenvalue weighted by molar-refractivity contribution is 5.20. The number of aromatic nitrogens is 4. The quantitative estimate of drug-likeness (QED) is 0.940. The van der Waals surface area contributed by atoms with Gasteiger partial charge in [-0.1, -0.05) is 0 Å². The van der Waals surface area contributed by atoms with Crippen molar-refractivity contribution < 1.29 is 0 Å². The molecule has 0 spiro atoms. The molecule has 0 radical (unpaired) electrons. The molecular weight excluding hydrogens is 262 g/mol. The van der Waals surface area contributed by atoms with Crippen LogP contribution in [0.3, 0.4) is 0 Å². The zero-order valence-electron chi connectivity index (χ0n) is 13.3. The summed E-state index contributed by atoms with van der Waals surface area (Å²) in [6.45, 7) is 10.6. The third-order valence-electron chi connectivity index (χ3n) is 4.55. The second-order valence-electron chi connectivity index (χ2n) is 6.14. The van der Waals surface area contributed by atoms with Crippen molar-refractivity contribution in [3.05, 3.63) is 34.9 Å². The molecule has 0 aliphatic carbocycles. The van der Waals surface area contributed by atoms with Gasteiger partial charge >= 0.3 is 0 Å². The Balaban J connectivity index is 1.69. The maximum Gasteiger partial charge on any atom is 0.0638 e. The highest BCUT2D eigenvalue weighted by atomic mass is 15.3. The van der Waals surface area contributed by atoms with Crippen molar-refractivity contribution in [2.24, 2.45) is 0 Å². The van der Waals surface area contributed by atoms with Crippen molar-refractivity contribution in [2.45, 2.75) is 52.6 Å². The molecule has 0 amide bonds. The molecule has 1 aliphatic rings. The number of nitrogens with zero attached hydrogens (tertiary/aromatic N) is 4. The Morgan fingerprint density at radius 2 is 2.24 bits per heavy atom. The summed E-state index contributed by atoms with van der Waals surface area (Å²) >= 11 is 0. The van der Waals surface area contributed by atoms with Crippen molar-refractivity contribution in [3.63, 3.8) is 0 Å². The number of likely N-dealkylation sites (tertiary alicyclic amines) is 1. The van der Waals surface area contributed by atoms with Gasteiger partial charge in [-0.25, -0.2) is 0 Å². The van der Waals surface area contributed by atoms with Gasteiger partial charge in [-0.2, -0.15) is 10.2 Å². The third-order valence-corrected chi connectivity index (χ3v) is 4.55. The minimum atomic E-state index is 0.586. The van der Waals surface area contributed by atoms with Crippen LogP contribution in [0.4, 0.5) is 0 Å². The molecule has 5 nitrogen and oxygen atoms in total. The molecule has 114 valence electrons. The van der Waals surface area contributed by atoms with Crippen LogP contribution in [0.25, 0.3) is 0 Å². The zero-order chi connectivity index (χ0) is 14.8. The molecule has 1 N–H and O–H groups in total. The Morgan fingerprint density at radius 3 is 2.90 bits per heavy atom. The van der Waals surface area contributed by atoms with Gasteiger partial charge in [0.1, 0.15) is 0 Å². The Labute approximate surface area is 126 Å². The van der Waals surface area contributed by atoms with Crippen LogP contribution in [0.5, 0.6) is 0 Å². The van der Waals surface area contributed by atoms with E-state index < -0.39 is 0 Å². The summed E-state index contributed by atoms with van der Waals surface area (Å²) in [7, 11) is 0. The molecule has 1 aliphatic heterocycles. The molecule has 5 heteroatoms. The third kappa shape index (κ3) is 3.02. The zero-order valence-corrected chi connectivity index (χ0v) is 13.3. The summed E-state index contributed by atoms with van der Waals surface area (Å²) in [4.78, 5) is 2.55. The van der Waals surface area contributed by atoms with E-state index in [1.54, 1.807) is 0 Å². The van der Waals surface area contributed by atoms with E-state index in [-0.39, 0.29) is 0 Å². The summed E-state index contributed by atoms with van der Waals surface area (Å²) in [6.07, 6.45) is 6.64. The second-order valence-corrected chi connectivity index (χ2v) is 6.14. The van der Waals surface area contributed by atoms with Crippen LogP contribution in [-0.2, 0) is 13.1 Å². The van der Waals surface area contributed by atoms with Crippen LogP contribution in [-0.4, -0.2) is 38.0 Å². The van der Waals surface area contributed by atoms with E-state index in [0.29, 0.717) is 5.92 Å².